The lowest BCUT2D eigenvalue weighted by Gasteiger charge is -2.09. The third-order valence-electron chi connectivity index (χ3n) is 2.69. The van der Waals surface area contributed by atoms with Crippen LogP contribution in [0.15, 0.2) is 46.9 Å². The van der Waals surface area contributed by atoms with Gasteiger partial charge in [0.15, 0.2) is 6.29 Å². The van der Waals surface area contributed by atoms with Gasteiger partial charge < -0.3 is 9.84 Å². The summed E-state index contributed by atoms with van der Waals surface area (Å²) in [5, 5.41) is 8.80. The van der Waals surface area contributed by atoms with Crippen molar-refractivity contribution in [1.29, 1.82) is 0 Å². The summed E-state index contributed by atoms with van der Waals surface area (Å²) in [5.74, 6) is -0.473. The predicted octanol–water partition coefficient (Wildman–Crippen LogP) is 3.54. The molecule has 20 heavy (non-hydrogen) atoms. The molecule has 0 bridgehead atoms. The lowest BCUT2D eigenvalue weighted by Crippen LogP contribution is -2.00. The van der Waals surface area contributed by atoms with Crippen molar-refractivity contribution in [3.05, 3.63) is 63.6 Å². The Morgan fingerprint density at radius 3 is 2.50 bits per heavy atom. The second kappa shape index (κ2) is 6.34. The molecule has 0 atom stereocenters. The number of halogens is 1. The predicted molar refractivity (Wildman–Crippen MR) is 77.3 cm³/mol. The fourth-order valence-corrected chi connectivity index (χ4v) is 2.03. The van der Waals surface area contributed by atoms with Crippen molar-refractivity contribution >= 4 is 28.2 Å². The van der Waals surface area contributed by atoms with E-state index in [1.807, 2.05) is 0 Å². The first kappa shape index (κ1) is 14.3. The lowest BCUT2D eigenvalue weighted by molar-refractivity contribution is 0.0696. The molecule has 2 aromatic carbocycles. The summed E-state index contributed by atoms with van der Waals surface area (Å²) >= 11 is 3.28. The molecule has 0 saturated carbocycles. The van der Waals surface area contributed by atoms with Crippen LogP contribution < -0.4 is 4.74 Å². The molecule has 0 unspecified atom stereocenters. The van der Waals surface area contributed by atoms with Gasteiger partial charge in [0.25, 0.3) is 0 Å². The molecule has 0 aromatic heterocycles. The first-order valence-corrected chi connectivity index (χ1v) is 6.59. The summed E-state index contributed by atoms with van der Waals surface area (Å²) in [6, 6.07) is 11.6. The number of aromatic carboxylic acids is 1. The highest BCUT2D eigenvalue weighted by Gasteiger charge is 2.05. The van der Waals surface area contributed by atoms with Crippen molar-refractivity contribution < 1.29 is 19.4 Å². The van der Waals surface area contributed by atoms with E-state index in [1.165, 1.54) is 12.1 Å². The molecule has 0 heterocycles. The molecule has 0 spiro atoms. The fraction of sp³-hybridized carbons (Fsp3) is 0.0667. The molecule has 0 aliphatic heterocycles. The average molecular weight is 335 g/mol. The van der Waals surface area contributed by atoms with E-state index >= 15 is 0 Å². The van der Waals surface area contributed by atoms with E-state index in [-0.39, 0.29) is 12.2 Å². The van der Waals surface area contributed by atoms with Crippen LogP contribution in [0.2, 0.25) is 0 Å². The SMILES string of the molecule is O=Cc1cc(Br)ccc1OCc1ccc(C(=O)O)cc1. The molecule has 1 N–H and O–H groups in total. The van der Waals surface area contributed by atoms with Gasteiger partial charge in [0.05, 0.1) is 11.1 Å². The zero-order valence-corrected chi connectivity index (χ0v) is 12.0. The van der Waals surface area contributed by atoms with Gasteiger partial charge in [0, 0.05) is 4.47 Å². The average Bonchev–Trinajstić information content (AvgIpc) is 2.46. The molecular weight excluding hydrogens is 324 g/mol. The van der Waals surface area contributed by atoms with Crippen LogP contribution >= 0.6 is 15.9 Å². The van der Waals surface area contributed by atoms with Crippen LogP contribution in [0.1, 0.15) is 26.3 Å². The first-order chi connectivity index (χ1) is 9.60. The summed E-state index contributed by atoms with van der Waals surface area (Å²) in [4.78, 5) is 21.7. The van der Waals surface area contributed by atoms with Crippen molar-refractivity contribution in [2.45, 2.75) is 6.61 Å². The summed E-state index contributed by atoms with van der Waals surface area (Å²) in [7, 11) is 0. The molecule has 4 nitrogen and oxygen atoms in total. The number of hydrogen-bond acceptors (Lipinski definition) is 3. The van der Waals surface area contributed by atoms with Gasteiger partial charge in [-0.25, -0.2) is 4.79 Å². The maximum absolute atomic E-state index is 10.9. The Hall–Kier alpha value is -2.14. The summed E-state index contributed by atoms with van der Waals surface area (Å²) in [6.45, 7) is 0.266. The Balaban J connectivity index is 2.08. The summed E-state index contributed by atoms with van der Waals surface area (Å²) in [6.07, 6.45) is 0.730. The van der Waals surface area contributed by atoms with Gasteiger partial charge in [0.2, 0.25) is 0 Å². The standard InChI is InChI=1S/C15H11BrO4/c16-13-5-6-14(12(7-13)8-17)20-9-10-1-3-11(4-2-10)15(18)19/h1-8H,9H2,(H,18,19). The summed E-state index contributed by atoms with van der Waals surface area (Å²) in [5.41, 5.74) is 1.52. The van der Waals surface area contributed by atoms with Crippen molar-refractivity contribution in [1.82, 2.24) is 0 Å². The highest BCUT2D eigenvalue weighted by molar-refractivity contribution is 9.10. The van der Waals surface area contributed by atoms with Crippen LogP contribution in [0.25, 0.3) is 0 Å². The molecule has 2 rings (SSSR count). The second-order valence-electron chi connectivity index (χ2n) is 4.09. The smallest absolute Gasteiger partial charge is 0.335 e. The van der Waals surface area contributed by atoms with E-state index in [0.29, 0.717) is 11.3 Å². The Bertz CT molecular complexity index is 635. The number of ether oxygens (including phenoxy) is 1. The van der Waals surface area contributed by atoms with Crippen molar-refractivity contribution in [2.75, 3.05) is 0 Å². The van der Waals surface area contributed by atoms with E-state index in [2.05, 4.69) is 15.9 Å². The number of carbonyl (C=O) groups excluding carboxylic acids is 1. The molecule has 0 aliphatic carbocycles. The van der Waals surface area contributed by atoms with E-state index in [1.54, 1.807) is 30.3 Å². The van der Waals surface area contributed by atoms with Crippen LogP contribution in [-0.4, -0.2) is 17.4 Å². The van der Waals surface area contributed by atoms with Gasteiger partial charge in [0.1, 0.15) is 12.4 Å². The third-order valence-corrected chi connectivity index (χ3v) is 3.19. The highest BCUT2D eigenvalue weighted by Crippen LogP contribution is 2.22. The lowest BCUT2D eigenvalue weighted by atomic mass is 10.1. The van der Waals surface area contributed by atoms with Gasteiger partial charge >= 0.3 is 5.97 Å². The number of benzene rings is 2. The van der Waals surface area contributed by atoms with Crippen molar-refractivity contribution in [3.8, 4) is 5.75 Å². The van der Waals surface area contributed by atoms with Gasteiger partial charge in [-0.1, -0.05) is 28.1 Å². The number of carboxylic acids is 1. The number of hydrogen-bond donors (Lipinski definition) is 1. The molecule has 0 aliphatic rings. The van der Waals surface area contributed by atoms with Crippen LogP contribution in [0.3, 0.4) is 0 Å². The van der Waals surface area contributed by atoms with Gasteiger partial charge in [-0.3, -0.25) is 4.79 Å². The van der Waals surface area contributed by atoms with E-state index in [0.717, 1.165) is 16.3 Å². The minimum Gasteiger partial charge on any atom is -0.488 e. The molecular formula is C15H11BrO4. The second-order valence-corrected chi connectivity index (χ2v) is 5.01. The molecule has 0 amide bonds. The Morgan fingerprint density at radius 2 is 1.90 bits per heavy atom. The monoisotopic (exact) mass is 334 g/mol. The van der Waals surface area contributed by atoms with Crippen LogP contribution in [-0.2, 0) is 6.61 Å². The minimum absolute atomic E-state index is 0.228. The number of rotatable bonds is 5. The van der Waals surface area contributed by atoms with Crippen molar-refractivity contribution in [3.63, 3.8) is 0 Å². The maximum Gasteiger partial charge on any atom is 0.335 e. The highest BCUT2D eigenvalue weighted by atomic mass is 79.9. The normalized spacial score (nSPS) is 10.1. The van der Waals surface area contributed by atoms with Gasteiger partial charge in [-0.05, 0) is 35.9 Å². The van der Waals surface area contributed by atoms with Gasteiger partial charge in [-0.2, -0.15) is 0 Å². The van der Waals surface area contributed by atoms with E-state index < -0.39 is 5.97 Å². The number of carbonyl (C=O) groups is 2. The molecule has 5 heteroatoms. The zero-order chi connectivity index (χ0) is 14.5. The molecule has 2 aromatic rings. The molecule has 102 valence electrons. The quantitative estimate of drug-likeness (QED) is 0.849. The Kier molecular flexibility index (Phi) is 4.53. The zero-order valence-electron chi connectivity index (χ0n) is 10.4. The third kappa shape index (κ3) is 3.45. The Morgan fingerprint density at radius 1 is 1.20 bits per heavy atom. The van der Waals surface area contributed by atoms with Crippen LogP contribution in [0.4, 0.5) is 0 Å². The fourth-order valence-electron chi connectivity index (χ4n) is 1.65. The minimum atomic E-state index is -0.964. The Labute approximate surface area is 124 Å². The first-order valence-electron chi connectivity index (χ1n) is 5.80. The van der Waals surface area contributed by atoms with E-state index in [4.69, 9.17) is 9.84 Å². The molecule has 0 radical (unpaired) electrons. The largest absolute Gasteiger partial charge is 0.488 e. The van der Waals surface area contributed by atoms with E-state index in [9.17, 15) is 9.59 Å². The van der Waals surface area contributed by atoms with Crippen LogP contribution in [0, 0.1) is 0 Å². The molecule has 0 fully saturated rings. The maximum atomic E-state index is 10.9. The number of aldehydes is 1. The van der Waals surface area contributed by atoms with Crippen LogP contribution in [0.5, 0.6) is 5.75 Å². The topological polar surface area (TPSA) is 63.6 Å². The summed E-state index contributed by atoms with van der Waals surface area (Å²) < 4.78 is 6.37. The molecule has 0 saturated heterocycles. The number of carboxylic acid groups (broad SMARTS) is 1. The van der Waals surface area contributed by atoms with Crippen molar-refractivity contribution in [2.24, 2.45) is 0 Å². The van der Waals surface area contributed by atoms with Gasteiger partial charge in [-0.15, -0.1) is 0 Å².